The van der Waals surface area contributed by atoms with Gasteiger partial charge in [-0.15, -0.1) is 0 Å². The van der Waals surface area contributed by atoms with Crippen LogP contribution in [0.3, 0.4) is 0 Å². The summed E-state index contributed by atoms with van der Waals surface area (Å²) < 4.78 is 5.61. The Hall–Kier alpha value is -2.96. The van der Waals surface area contributed by atoms with Gasteiger partial charge in [-0.2, -0.15) is 0 Å². The molecule has 176 valence electrons. The Morgan fingerprint density at radius 3 is 2.74 bits per heavy atom. The fraction of sp³-hybridized carbons (Fsp3) is 0.370. The molecule has 7 heteroatoms. The molecule has 5 rings (SSSR count). The Morgan fingerprint density at radius 2 is 1.94 bits per heavy atom. The second kappa shape index (κ2) is 9.72. The summed E-state index contributed by atoms with van der Waals surface area (Å²) in [5, 5.41) is 7.09. The highest BCUT2D eigenvalue weighted by Crippen LogP contribution is 2.40. The van der Waals surface area contributed by atoms with Crippen molar-refractivity contribution in [2.75, 3.05) is 13.7 Å². The summed E-state index contributed by atoms with van der Waals surface area (Å²) in [6.07, 6.45) is 6.60. The molecular weight excluding hydrogens is 448 g/mol. The summed E-state index contributed by atoms with van der Waals surface area (Å²) in [6.45, 7) is 2.70. The largest absolute Gasteiger partial charge is 0.480 e. The van der Waals surface area contributed by atoms with Crippen molar-refractivity contribution < 1.29 is 9.53 Å². The molecule has 1 saturated heterocycles. The first-order valence-corrected chi connectivity index (χ1v) is 12.3. The van der Waals surface area contributed by atoms with E-state index in [1.54, 1.807) is 13.3 Å². The number of amides is 1. The minimum Gasteiger partial charge on any atom is -0.480 e. The number of methoxy groups -OCH3 is 1. The number of hydrogen-bond acceptors (Lipinski definition) is 5. The van der Waals surface area contributed by atoms with Gasteiger partial charge in [-0.25, -0.2) is 4.98 Å². The first-order valence-electron chi connectivity index (χ1n) is 11.9. The zero-order valence-corrected chi connectivity index (χ0v) is 20.3. The van der Waals surface area contributed by atoms with E-state index in [1.165, 1.54) is 23.1 Å². The number of hydrogen-bond donors (Lipinski definition) is 2. The molecule has 34 heavy (non-hydrogen) atoms. The number of carbonyl (C=O) groups excluding carboxylic acids is 1. The Bertz CT molecular complexity index is 1230. The Kier molecular flexibility index (Phi) is 6.53. The zero-order chi connectivity index (χ0) is 23.7. The molecule has 2 aromatic carbocycles. The smallest absolute Gasteiger partial charge is 0.237 e. The number of carbonyl (C=O) groups is 1. The molecule has 0 spiro atoms. The first-order chi connectivity index (χ1) is 16.5. The number of aryl methyl sites for hydroxylation is 1. The molecule has 1 aliphatic heterocycles. The molecule has 1 unspecified atom stereocenters. The number of rotatable bonds is 7. The van der Waals surface area contributed by atoms with Crippen LogP contribution in [-0.4, -0.2) is 35.6 Å². The van der Waals surface area contributed by atoms with Gasteiger partial charge in [0.1, 0.15) is 5.69 Å². The Morgan fingerprint density at radius 1 is 1.15 bits per heavy atom. The minimum atomic E-state index is -0.0808. The van der Waals surface area contributed by atoms with E-state index in [2.05, 4.69) is 34.9 Å². The fourth-order valence-electron chi connectivity index (χ4n) is 5.01. The normalized spacial score (nSPS) is 18.0. The zero-order valence-electron chi connectivity index (χ0n) is 19.5. The second-order valence-corrected chi connectivity index (χ2v) is 9.42. The lowest BCUT2D eigenvalue weighted by molar-refractivity contribution is -0.119. The molecule has 0 bridgehead atoms. The molecule has 2 atom stereocenters. The summed E-state index contributed by atoms with van der Waals surface area (Å²) in [5.41, 5.74) is 7.29. The van der Waals surface area contributed by atoms with Crippen LogP contribution in [0.5, 0.6) is 5.88 Å². The number of benzene rings is 2. The lowest BCUT2D eigenvalue weighted by atomic mass is 9.95. The monoisotopic (exact) mass is 476 g/mol. The molecule has 6 nitrogen and oxygen atoms in total. The van der Waals surface area contributed by atoms with Crippen LogP contribution in [-0.2, 0) is 17.6 Å². The van der Waals surface area contributed by atoms with E-state index in [1.807, 2.05) is 19.1 Å². The van der Waals surface area contributed by atoms with Gasteiger partial charge in [-0.3, -0.25) is 9.78 Å². The maximum Gasteiger partial charge on any atom is 0.237 e. The maximum atomic E-state index is 11.4. The maximum absolute atomic E-state index is 11.4. The van der Waals surface area contributed by atoms with Gasteiger partial charge in [0, 0.05) is 30.1 Å². The summed E-state index contributed by atoms with van der Waals surface area (Å²) >= 11 is 6.96. The van der Waals surface area contributed by atoms with Crippen molar-refractivity contribution in [2.45, 2.75) is 51.1 Å². The number of fused-ring (bicyclic) bond motifs is 1. The predicted octanol–water partition coefficient (Wildman–Crippen LogP) is 4.89. The van der Waals surface area contributed by atoms with Crippen molar-refractivity contribution in [2.24, 2.45) is 0 Å². The number of nitrogens with zero attached hydrogens (tertiary/aromatic N) is 2. The van der Waals surface area contributed by atoms with Crippen molar-refractivity contribution in [3.05, 3.63) is 64.4 Å². The van der Waals surface area contributed by atoms with Gasteiger partial charge in [0.25, 0.3) is 0 Å². The van der Waals surface area contributed by atoms with E-state index in [4.69, 9.17) is 26.3 Å². The van der Waals surface area contributed by atoms with Gasteiger partial charge >= 0.3 is 0 Å². The predicted molar refractivity (Wildman–Crippen MR) is 134 cm³/mol. The van der Waals surface area contributed by atoms with E-state index >= 15 is 0 Å². The van der Waals surface area contributed by atoms with Crippen LogP contribution < -0.4 is 15.4 Å². The highest BCUT2D eigenvalue weighted by molar-refractivity contribution is 6.36. The molecule has 1 amide bonds. The number of aromatic nitrogens is 2. The summed E-state index contributed by atoms with van der Waals surface area (Å²) in [7, 11) is 1.60. The van der Waals surface area contributed by atoms with Gasteiger partial charge in [-0.05, 0) is 49.3 Å². The third-order valence-corrected chi connectivity index (χ3v) is 7.24. The van der Waals surface area contributed by atoms with Gasteiger partial charge < -0.3 is 15.4 Å². The van der Waals surface area contributed by atoms with E-state index in [0.29, 0.717) is 29.6 Å². The van der Waals surface area contributed by atoms with Crippen molar-refractivity contribution in [1.29, 1.82) is 0 Å². The number of halogens is 1. The second-order valence-electron chi connectivity index (χ2n) is 9.05. The molecule has 2 N–H and O–H groups in total. The molecule has 1 fully saturated rings. The van der Waals surface area contributed by atoms with Crippen molar-refractivity contribution in [1.82, 2.24) is 20.6 Å². The molecule has 2 aliphatic rings. The third-order valence-electron chi connectivity index (χ3n) is 6.84. The summed E-state index contributed by atoms with van der Waals surface area (Å²) in [4.78, 5) is 20.9. The fourth-order valence-corrected chi connectivity index (χ4v) is 5.34. The van der Waals surface area contributed by atoms with E-state index in [0.717, 1.165) is 36.1 Å². The Balaban J connectivity index is 1.42. The van der Waals surface area contributed by atoms with Crippen LogP contribution in [0.4, 0.5) is 0 Å². The molecule has 1 aromatic heterocycles. The van der Waals surface area contributed by atoms with Gasteiger partial charge in [-0.1, -0.05) is 48.0 Å². The SMILES string of the molecule is COc1nc(-c2cccc(-c3cccc4c3CCC4)c2Cl)cnc1[C@H](C)NCC1CCC(=O)N1. The Labute approximate surface area is 205 Å². The van der Waals surface area contributed by atoms with Crippen molar-refractivity contribution >= 4 is 17.5 Å². The third kappa shape index (κ3) is 4.40. The molecule has 3 aromatic rings. The van der Waals surface area contributed by atoms with Gasteiger partial charge in [0.15, 0.2) is 0 Å². The average molecular weight is 477 g/mol. The van der Waals surface area contributed by atoms with Gasteiger partial charge in [0.05, 0.1) is 30.1 Å². The summed E-state index contributed by atoms with van der Waals surface area (Å²) in [5.74, 6) is 0.579. The van der Waals surface area contributed by atoms with Crippen LogP contribution >= 0.6 is 11.6 Å². The topological polar surface area (TPSA) is 76.1 Å². The van der Waals surface area contributed by atoms with Crippen molar-refractivity contribution in [3.8, 4) is 28.3 Å². The van der Waals surface area contributed by atoms with Crippen molar-refractivity contribution in [3.63, 3.8) is 0 Å². The van der Waals surface area contributed by atoms with Crippen LogP contribution in [0.15, 0.2) is 42.6 Å². The molecule has 0 saturated carbocycles. The molecule has 0 radical (unpaired) electrons. The molecular formula is C27H29ClN4O2. The van der Waals surface area contributed by atoms with Crippen LogP contribution in [0.1, 0.15) is 49.0 Å². The number of nitrogens with one attached hydrogen (secondary N) is 2. The highest BCUT2D eigenvalue weighted by atomic mass is 35.5. The molecule has 2 heterocycles. The highest BCUT2D eigenvalue weighted by Gasteiger charge is 2.23. The number of ether oxygens (including phenoxy) is 1. The van der Waals surface area contributed by atoms with E-state index in [9.17, 15) is 4.79 Å². The van der Waals surface area contributed by atoms with Gasteiger partial charge in [0.2, 0.25) is 11.8 Å². The average Bonchev–Trinajstić information content (AvgIpc) is 3.51. The van der Waals surface area contributed by atoms with Crippen LogP contribution in [0.2, 0.25) is 5.02 Å². The lowest BCUT2D eigenvalue weighted by Crippen LogP contribution is -2.37. The standard InChI is InChI=1S/C27H29ClN4O2/c1-16(29-14-18-12-13-24(33)31-18)26-27(34-2)32-23(15-30-26)22-11-5-10-21(25(22)28)20-9-4-7-17-6-3-8-19(17)20/h4-5,7,9-11,15-16,18,29H,3,6,8,12-14H2,1-2H3,(H,31,33)/t16-,18?/m0/s1. The van der Waals surface area contributed by atoms with Crippen LogP contribution in [0, 0.1) is 0 Å². The van der Waals surface area contributed by atoms with E-state index in [-0.39, 0.29) is 18.0 Å². The lowest BCUT2D eigenvalue weighted by Gasteiger charge is -2.19. The summed E-state index contributed by atoms with van der Waals surface area (Å²) in [6, 6.07) is 12.6. The minimum absolute atomic E-state index is 0.0808. The molecule has 1 aliphatic carbocycles. The first kappa shape index (κ1) is 22.8. The van der Waals surface area contributed by atoms with E-state index < -0.39 is 0 Å². The van der Waals surface area contributed by atoms with Crippen LogP contribution in [0.25, 0.3) is 22.4 Å². The quantitative estimate of drug-likeness (QED) is 0.507.